The molecule has 88 valence electrons. The fourth-order valence-corrected chi connectivity index (χ4v) is 3.58. The molecule has 16 heavy (non-hydrogen) atoms. The summed E-state index contributed by atoms with van der Waals surface area (Å²) in [5.41, 5.74) is 7.80. The van der Waals surface area contributed by atoms with Gasteiger partial charge in [-0.1, -0.05) is 15.9 Å². The number of benzene rings is 1. The zero-order chi connectivity index (χ0) is 11.6. The van der Waals surface area contributed by atoms with E-state index < -0.39 is 0 Å². The normalized spacial score (nSPS) is 24.6. The fourth-order valence-electron chi connectivity index (χ4n) is 1.95. The van der Waals surface area contributed by atoms with Gasteiger partial charge in [0.15, 0.2) is 0 Å². The van der Waals surface area contributed by atoms with E-state index in [4.69, 9.17) is 5.73 Å². The molecule has 1 unspecified atom stereocenters. The molecule has 1 fully saturated rings. The monoisotopic (exact) mass is 300 g/mol. The van der Waals surface area contributed by atoms with Crippen molar-refractivity contribution in [3.05, 3.63) is 22.7 Å². The topological polar surface area (TPSA) is 38.0 Å². The third kappa shape index (κ3) is 2.86. The summed E-state index contributed by atoms with van der Waals surface area (Å²) >= 11 is 5.47. The van der Waals surface area contributed by atoms with Crippen molar-refractivity contribution in [1.82, 2.24) is 0 Å². The maximum atomic E-state index is 5.95. The highest BCUT2D eigenvalue weighted by atomic mass is 79.9. The average Bonchev–Trinajstić information content (AvgIpc) is 2.64. The van der Waals surface area contributed by atoms with E-state index in [0.717, 1.165) is 22.4 Å². The standard InChI is InChI=1S/C12H17BrN2S/c1-12(5-2-6-16-12)8-15-11-4-3-9(13)7-10(11)14/h3-4,7,15H,2,5-6,8,14H2,1H3. The van der Waals surface area contributed by atoms with Crippen molar-refractivity contribution in [1.29, 1.82) is 0 Å². The molecule has 4 heteroatoms. The third-order valence-corrected chi connectivity index (χ3v) is 5.00. The number of halogens is 1. The van der Waals surface area contributed by atoms with Crippen molar-refractivity contribution in [2.24, 2.45) is 0 Å². The summed E-state index contributed by atoms with van der Waals surface area (Å²) in [7, 11) is 0. The first kappa shape index (κ1) is 12.1. The number of hydrogen-bond acceptors (Lipinski definition) is 3. The molecule has 0 aliphatic carbocycles. The van der Waals surface area contributed by atoms with E-state index in [0.29, 0.717) is 4.75 Å². The number of rotatable bonds is 3. The summed E-state index contributed by atoms with van der Waals surface area (Å²) in [5, 5.41) is 3.46. The molecule has 0 amide bonds. The van der Waals surface area contributed by atoms with Crippen molar-refractivity contribution >= 4 is 39.1 Å². The van der Waals surface area contributed by atoms with Crippen molar-refractivity contribution in [2.75, 3.05) is 23.3 Å². The SMILES string of the molecule is CC1(CNc2ccc(Br)cc2N)CCCS1. The average molecular weight is 301 g/mol. The van der Waals surface area contributed by atoms with Gasteiger partial charge in [-0.25, -0.2) is 0 Å². The van der Waals surface area contributed by atoms with E-state index in [9.17, 15) is 0 Å². The van der Waals surface area contributed by atoms with Gasteiger partial charge in [-0.3, -0.25) is 0 Å². The molecule has 2 nitrogen and oxygen atoms in total. The third-order valence-electron chi connectivity index (χ3n) is 2.97. The molecule has 0 spiro atoms. The molecular formula is C12H17BrN2S. The van der Waals surface area contributed by atoms with Crippen LogP contribution in [0.25, 0.3) is 0 Å². The zero-order valence-electron chi connectivity index (χ0n) is 9.42. The predicted molar refractivity (Wildman–Crippen MR) is 77.1 cm³/mol. The van der Waals surface area contributed by atoms with Crippen molar-refractivity contribution in [3.8, 4) is 0 Å². The number of anilines is 2. The number of nitrogens with one attached hydrogen (secondary N) is 1. The van der Waals surface area contributed by atoms with E-state index in [2.05, 4.69) is 39.9 Å². The number of nitrogen functional groups attached to an aromatic ring is 1. The Hall–Kier alpha value is -0.350. The number of thioether (sulfide) groups is 1. The molecule has 1 heterocycles. The second kappa shape index (κ2) is 4.88. The summed E-state index contributed by atoms with van der Waals surface area (Å²) in [5.74, 6) is 1.29. The molecule has 0 saturated carbocycles. The van der Waals surface area contributed by atoms with Gasteiger partial charge in [0.25, 0.3) is 0 Å². The van der Waals surface area contributed by atoms with Crippen LogP contribution in [-0.4, -0.2) is 17.0 Å². The Bertz CT molecular complexity index is 375. The summed E-state index contributed by atoms with van der Waals surface area (Å²) in [6.45, 7) is 3.32. The Kier molecular flexibility index (Phi) is 3.70. The van der Waals surface area contributed by atoms with Crippen LogP contribution in [0.3, 0.4) is 0 Å². The van der Waals surface area contributed by atoms with Gasteiger partial charge in [0, 0.05) is 15.8 Å². The molecule has 1 aliphatic heterocycles. The smallest absolute Gasteiger partial charge is 0.0575 e. The van der Waals surface area contributed by atoms with Crippen LogP contribution in [0.4, 0.5) is 11.4 Å². The first-order valence-electron chi connectivity index (χ1n) is 5.52. The van der Waals surface area contributed by atoms with Gasteiger partial charge in [-0.05, 0) is 43.7 Å². The molecule has 0 radical (unpaired) electrons. The van der Waals surface area contributed by atoms with Crippen molar-refractivity contribution in [3.63, 3.8) is 0 Å². The van der Waals surface area contributed by atoms with Crippen LogP contribution < -0.4 is 11.1 Å². The van der Waals surface area contributed by atoms with Crippen molar-refractivity contribution < 1.29 is 0 Å². The molecule has 2 rings (SSSR count). The quantitative estimate of drug-likeness (QED) is 0.836. The van der Waals surface area contributed by atoms with Crippen molar-refractivity contribution in [2.45, 2.75) is 24.5 Å². The van der Waals surface area contributed by atoms with Gasteiger partial charge in [0.05, 0.1) is 11.4 Å². The molecule has 1 aromatic rings. The number of nitrogens with two attached hydrogens (primary N) is 1. The first-order valence-corrected chi connectivity index (χ1v) is 7.30. The minimum atomic E-state index is 0.375. The fraction of sp³-hybridized carbons (Fsp3) is 0.500. The lowest BCUT2D eigenvalue weighted by molar-refractivity contribution is 0.635. The minimum absolute atomic E-state index is 0.375. The van der Waals surface area contributed by atoms with Crippen LogP contribution in [-0.2, 0) is 0 Å². The van der Waals surface area contributed by atoms with Gasteiger partial charge in [-0.2, -0.15) is 11.8 Å². The maximum Gasteiger partial charge on any atom is 0.0575 e. The van der Waals surface area contributed by atoms with Crippen LogP contribution in [0.15, 0.2) is 22.7 Å². The van der Waals surface area contributed by atoms with Crippen LogP contribution in [0, 0.1) is 0 Å². The van der Waals surface area contributed by atoms with Gasteiger partial charge in [-0.15, -0.1) is 0 Å². The Labute approximate surface area is 109 Å². The van der Waals surface area contributed by atoms with Crippen LogP contribution >= 0.6 is 27.7 Å². The highest BCUT2D eigenvalue weighted by Gasteiger charge is 2.29. The van der Waals surface area contributed by atoms with Crippen LogP contribution in [0.5, 0.6) is 0 Å². The predicted octanol–water partition coefficient (Wildman–Crippen LogP) is 3.73. The summed E-state index contributed by atoms with van der Waals surface area (Å²) in [4.78, 5) is 0. The summed E-state index contributed by atoms with van der Waals surface area (Å²) in [6, 6.07) is 5.98. The Morgan fingerprint density at radius 3 is 3.00 bits per heavy atom. The van der Waals surface area contributed by atoms with Gasteiger partial charge < -0.3 is 11.1 Å². The van der Waals surface area contributed by atoms with Crippen LogP contribution in [0.1, 0.15) is 19.8 Å². The minimum Gasteiger partial charge on any atom is -0.397 e. The highest BCUT2D eigenvalue weighted by Crippen LogP contribution is 2.38. The maximum absolute atomic E-state index is 5.95. The van der Waals surface area contributed by atoms with E-state index in [1.165, 1.54) is 18.6 Å². The lowest BCUT2D eigenvalue weighted by atomic mass is 10.1. The van der Waals surface area contributed by atoms with E-state index in [-0.39, 0.29) is 0 Å². The van der Waals surface area contributed by atoms with Gasteiger partial charge in [0.1, 0.15) is 0 Å². The molecule has 1 aliphatic rings. The molecule has 1 aromatic carbocycles. The lowest BCUT2D eigenvalue weighted by Crippen LogP contribution is -2.27. The Balaban J connectivity index is 1.99. The summed E-state index contributed by atoms with van der Waals surface area (Å²) < 4.78 is 1.40. The Morgan fingerprint density at radius 1 is 1.56 bits per heavy atom. The van der Waals surface area contributed by atoms with E-state index in [1.807, 2.05) is 18.2 Å². The molecule has 3 N–H and O–H groups in total. The molecular weight excluding hydrogens is 284 g/mol. The molecule has 1 saturated heterocycles. The summed E-state index contributed by atoms with van der Waals surface area (Å²) in [6.07, 6.45) is 2.62. The van der Waals surface area contributed by atoms with Gasteiger partial charge >= 0.3 is 0 Å². The second-order valence-corrected chi connectivity index (χ2v) is 7.09. The Morgan fingerprint density at radius 2 is 2.38 bits per heavy atom. The molecule has 0 bridgehead atoms. The first-order chi connectivity index (χ1) is 7.59. The van der Waals surface area contributed by atoms with Crippen LogP contribution in [0.2, 0.25) is 0 Å². The zero-order valence-corrected chi connectivity index (χ0v) is 11.8. The highest BCUT2D eigenvalue weighted by molar-refractivity contribution is 9.10. The van der Waals surface area contributed by atoms with Gasteiger partial charge in [0.2, 0.25) is 0 Å². The lowest BCUT2D eigenvalue weighted by Gasteiger charge is -2.24. The second-order valence-electron chi connectivity index (χ2n) is 4.49. The molecule has 0 aromatic heterocycles. The number of hydrogen-bond donors (Lipinski definition) is 2. The molecule has 1 atom stereocenters. The van der Waals surface area contributed by atoms with E-state index in [1.54, 1.807) is 0 Å². The van der Waals surface area contributed by atoms with E-state index >= 15 is 0 Å². The largest absolute Gasteiger partial charge is 0.397 e.